The van der Waals surface area contributed by atoms with Gasteiger partial charge in [-0.1, -0.05) is 5.16 Å². The van der Waals surface area contributed by atoms with Crippen molar-refractivity contribution in [3.8, 4) is 0 Å². The van der Waals surface area contributed by atoms with Gasteiger partial charge in [-0.3, -0.25) is 4.99 Å². The molecule has 0 fully saturated rings. The molecule has 6 nitrogen and oxygen atoms in total. The average Bonchev–Trinajstić information content (AvgIpc) is 3.05. The number of thiazole rings is 1. The largest absolute Gasteiger partial charge is 0.364 e. The van der Waals surface area contributed by atoms with Gasteiger partial charge in [0.2, 0.25) is 0 Å². The van der Waals surface area contributed by atoms with Crippen molar-refractivity contribution < 1.29 is 4.52 Å². The van der Waals surface area contributed by atoms with Crippen LogP contribution in [-0.2, 0) is 13.0 Å². The Hall–Kier alpha value is -1.89. The Labute approximate surface area is 115 Å². The van der Waals surface area contributed by atoms with E-state index in [0.717, 1.165) is 35.3 Å². The Balaban J connectivity index is 1.71. The lowest BCUT2D eigenvalue weighted by atomic mass is 10.3. The van der Waals surface area contributed by atoms with E-state index in [9.17, 15) is 0 Å². The van der Waals surface area contributed by atoms with Crippen LogP contribution in [0.5, 0.6) is 0 Å². The molecule has 0 saturated carbocycles. The van der Waals surface area contributed by atoms with Crippen molar-refractivity contribution in [1.29, 1.82) is 0 Å². The van der Waals surface area contributed by atoms with Gasteiger partial charge in [0.25, 0.3) is 0 Å². The van der Waals surface area contributed by atoms with Gasteiger partial charge in [0.1, 0.15) is 12.0 Å². The van der Waals surface area contributed by atoms with E-state index in [4.69, 9.17) is 4.52 Å². The van der Waals surface area contributed by atoms with E-state index < -0.39 is 0 Å². The van der Waals surface area contributed by atoms with E-state index in [0.29, 0.717) is 6.54 Å². The molecule has 0 aliphatic carbocycles. The summed E-state index contributed by atoms with van der Waals surface area (Å²) in [7, 11) is 1.74. The van der Waals surface area contributed by atoms with Gasteiger partial charge in [-0.25, -0.2) is 4.98 Å². The summed E-state index contributed by atoms with van der Waals surface area (Å²) in [6.07, 6.45) is 2.44. The van der Waals surface area contributed by atoms with Crippen molar-refractivity contribution in [3.63, 3.8) is 0 Å². The summed E-state index contributed by atoms with van der Waals surface area (Å²) in [5, 5.41) is 13.4. The second kappa shape index (κ2) is 6.89. The Morgan fingerprint density at radius 2 is 2.32 bits per heavy atom. The molecular formula is C12H17N5OS. The molecule has 0 aliphatic heterocycles. The number of aromatic nitrogens is 2. The number of hydrogen-bond acceptors (Lipinski definition) is 5. The monoisotopic (exact) mass is 279 g/mol. The molecule has 2 aromatic rings. The smallest absolute Gasteiger partial charge is 0.191 e. The summed E-state index contributed by atoms with van der Waals surface area (Å²) in [6.45, 7) is 3.40. The lowest BCUT2D eigenvalue weighted by Gasteiger charge is -2.09. The quantitative estimate of drug-likeness (QED) is 0.638. The number of rotatable bonds is 5. The van der Waals surface area contributed by atoms with Crippen LogP contribution in [0.15, 0.2) is 27.2 Å². The van der Waals surface area contributed by atoms with Crippen LogP contribution in [0, 0.1) is 6.92 Å². The Bertz CT molecular complexity index is 520. The second-order valence-electron chi connectivity index (χ2n) is 3.95. The first-order chi connectivity index (χ1) is 9.28. The molecule has 0 unspecified atom stereocenters. The predicted molar refractivity (Wildman–Crippen MR) is 75.3 cm³/mol. The molecule has 0 aromatic carbocycles. The minimum Gasteiger partial charge on any atom is -0.364 e. The predicted octanol–water partition coefficient (Wildman–Crippen LogP) is 1.35. The summed E-state index contributed by atoms with van der Waals surface area (Å²) in [4.78, 5) is 8.56. The maximum absolute atomic E-state index is 4.76. The first kappa shape index (κ1) is 13.5. The van der Waals surface area contributed by atoms with Crippen molar-refractivity contribution in [1.82, 2.24) is 20.8 Å². The van der Waals surface area contributed by atoms with Crippen molar-refractivity contribution in [2.75, 3.05) is 13.6 Å². The minimum atomic E-state index is 0.589. The molecule has 0 radical (unpaired) electrons. The highest BCUT2D eigenvalue weighted by Gasteiger charge is 2.01. The number of nitrogens with zero attached hydrogens (tertiary/aromatic N) is 3. The maximum atomic E-state index is 4.76. The molecule has 0 amide bonds. The number of aryl methyl sites for hydroxylation is 1. The maximum Gasteiger partial charge on any atom is 0.191 e. The average molecular weight is 279 g/mol. The molecule has 102 valence electrons. The Morgan fingerprint density at radius 3 is 2.95 bits per heavy atom. The number of nitrogens with one attached hydrogen (secondary N) is 2. The molecule has 0 atom stereocenters. The van der Waals surface area contributed by atoms with E-state index in [2.05, 4.69) is 31.1 Å². The van der Waals surface area contributed by atoms with Crippen LogP contribution in [-0.4, -0.2) is 29.7 Å². The van der Waals surface area contributed by atoms with E-state index in [-0.39, 0.29) is 0 Å². The summed E-state index contributed by atoms with van der Waals surface area (Å²) in [5.41, 5.74) is 1.96. The highest BCUT2D eigenvalue weighted by molar-refractivity contribution is 7.09. The highest BCUT2D eigenvalue weighted by Crippen LogP contribution is 2.07. The molecule has 19 heavy (non-hydrogen) atoms. The fourth-order valence-electron chi connectivity index (χ4n) is 1.56. The normalized spacial score (nSPS) is 11.6. The SMILES string of the molecule is CN=C(NCCc1csc(C)n1)NCc1ccon1. The van der Waals surface area contributed by atoms with E-state index in [1.54, 1.807) is 24.6 Å². The van der Waals surface area contributed by atoms with Crippen molar-refractivity contribution in [3.05, 3.63) is 34.1 Å². The van der Waals surface area contributed by atoms with Crippen LogP contribution in [0.25, 0.3) is 0 Å². The van der Waals surface area contributed by atoms with Gasteiger partial charge < -0.3 is 15.2 Å². The summed E-state index contributed by atoms with van der Waals surface area (Å²) in [5.74, 6) is 0.745. The number of guanidine groups is 1. The molecule has 2 heterocycles. The zero-order valence-corrected chi connectivity index (χ0v) is 11.8. The molecule has 0 aliphatic rings. The molecule has 2 N–H and O–H groups in total. The van der Waals surface area contributed by atoms with Crippen LogP contribution in [0.2, 0.25) is 0 Å². The van der Waals surface area contributed by atoms with Crippen molar-refractivity contribution in [2.24, 2.45) is 4.99 Å². The first-order valence-electron chi connectivity index (χ1n) is 6.02. The van der Waals surface area contributed by atoms with Crippen LogP contribution in [0.4, 0.5) is 0 Å². The van der Waals surface area contributed by atoms with E-state index in [1.165, 1.54) is 0 Å². The van der Waals surface area contributed by atoms with Gasteiger partial charge in [0.05, 0.1) is 17.2 Å². The Kier molecular flexibility index (Phi) is 4.91. The third-order valence-corrected chi connectivity index (χ3v) is 3.31. The highest BCUT2D eigenvalue weighted by atomic mass is 32.1. The van der Waals surface area contributed by atoms with Gasteiger partial charge in [0, 0.05) is 31.5 Å². The van der Waals surface area contributed by atoms with Gasteiger partial charge in [-0.15, -0.1) is 11.3 Å². The van der Waals surface area contributed by atoms with Crippen LogP contribution in [0.1, 0.15) is 16.4 Å². The first-order valence-corrected chi connectivity index (χ1v) is 6.90. The van der Waals surface area contributed by atoms with E-state index in [1.807, 2.05) is 13.0 Å². The number of hydrogen-bond donors (Lipinski definition) is 2. The molecular weight excluding hydrogens is 262 g/mol. The number of aliphatic imine (C=N–C) groups is 1. The Morgan fingerprint density at radius 1 is 1.42 bits per heavy atom. The standard InChI is InChI=1S/C12H17N5OS/c1-9-16-11(8-19-9)3-5-14-12(13-2)15-7-10-4-6-18-17-10/h4,6,8H,3,5,7H2,1-2H3,(H2,13,14,15). The van der Waals surface area contributed by atoms with Gasteiger partial charge in [-0.2, -0.15) is 0 Å². The zero-order valence-electron chi connectivity index (χ0n) is 11.0. The molecule has 0 bridgehead atoms. The van der Waals surface area contributed by atoms with Crippen LogP contribution >= 0.6 is 11.3 Å². The lowest BCUT2D eigenvalue weighted by Crippen LogP contribution is -2.37. The fraction of sp³-hybridized carbons (Fsp3) is 0.417. The van der Waals surface area contributed by atoms with Crippen molar-refractivity contribution in [2.45, 2.75) is 19.9 Å². The molecule has 0 spiro atoms. The van der Waals surface area contributed by atoms with Crippen LogP contribution in [0.3, 0.4) is 0 Å². The third kappa shape index (κ3) is 4.36. The van der Waals surface area contributed by atoms with Gasteiger partial charge >= 0.3 is 0 Å². The summed E-state index contributed by atoms with van der Waals surface area (Å²) in [6, 6.07) is 1.82. The lowest BCUT2D eigenvalue weighted by molar-refractivity contribution is 0.410. The van der Waals surface area contributed by atoms with Crippen molar-refractivity contribution >= 4 is 17.3 Å². The van der Waals surface area contributed by atoms with E-state index >= 15 is 0 Å². The fourth-order valence-corrected chi connectivity index (χ4v) is 2.20. The molecule has 2 rings (SSSR count). The third-order valence-electron chi connectivity index (χ3n) is 2.49. The molecule has 7 heteroatoms. The zero-order chi connectivity index (χ0) is 13.5. The molecule has 2 aromatic heterocycles. The van der Waals surface area contributed by atoms with Gasteiger partial charge in [-0.05, 0) is 6.92 Å². The van der Waals surface area contributed by atoms with Gasteiger partial charge in [0.15, 0.2) is 5.96 Å². The minimum absolute atomic E-state index is 0.589. The summed E-state index contributed by atoms with van der Waals surface area (Å²) >= 11 is 1.67. The second-order valence-corrected chi connectivity index (χ2v) is 5.01. The molecule has 0 saturated heterocycles. The summed E-state index contributed by atoms with van der Waals surface area (Å²) < 4.78 is 4.76. The van der Waals surface area contributed by atoms with Crippen LogP contribution < -0.4 is 10.6 Å². The topological polar surface area (TPSA) is 75.3 Å².